The zero-order chi connectivity index (χ0) is 25.7. The lowest BCUT2D eigenvalue weighted by molar-refractivity contribution is -0.151. The van der Waals surface area contributed by atoms with Crippen molar-refractivity contribution in [1.82, 2.24) is 5.32 Å². The Morgan fingerprint density at radius 2 is 1.86 bits per heavy atom. The molecule has 0 unspecified atom stereocenters. The highest BCUT2D eigenvalue weighted by molar-refractivity contribution is 7.99. The summed E-state index contributed by atoms with van der Waals surface area (Å²) in [5.74, 6) is -1.97. The number of benzene rings is 1. The fourth-order valence-electron chi connectivity index (χ4n) is 4.59. The predicted molar refractivity (Wildman–Crippen MR) is 132 cm³/mol. The quantitative estimate of drug-likeness (QED) is 0.248. The molecule has 35 heavy (non-hydrogen) atoms. The van der Waals surface area contributed by atoms with Crippen molar-refractivity contribution in [2.75, 3.05) is 25.2 Å². The van der Waals surface area contributed by atoms with E-state index >= 15 is 0 Å². The van der Waals surface area contributed by atoms with E-state index in [0.717, 1.165) is 5.75 Å². The Labute approximate surface area is 209 Å². The molecule has 1 aromatic carbocycles. The van der Waals surface area contributed by atoms with E-state index < -0.39 is 29.7 Å². The minimum Gasteiger partial charge on any atom is -0.468 e. The van der Waals surface area contributed by atoms with Gasteiger partial charge in [-0.1, -0.05) is 26.0 Å². The van der Waals surface area contributed by atoms with Gasteiger partial charge in [-0.15, -0.1) is 0 Å². The van der Waals surface area contributed by atoms with Gasteiger partial charge in [-0.05, 0) is 42.7 Å². The van der Waals surface area contributed by atoms with E-state index in [4.69, 9.17) is 14.2 Å². The number of esters is 3. The first kappa shape index (κ1) is 26.5. The lowest BCUT2D eigenvalue weighted by Crippen LogP contribution is -2.43. The van der Waals surface area contributed by atoms with Crippen LogP contribution in [0.4, 0.5) is 0 Å². The third-order valence-corrected chi connectivity index (χ3v) is 6.97. The molecule has 1 heterocycles. The van der Waals surface area contributed by atoms with E-state index in [-0.39, 0.29) is 18.3 Å². The number of allylic oxidation sites excluding steroid dienone is 3. The molecule has 2 aliphatic rings. The maximum atomic E-state index is 13.7. The Morgan fingerprint density at radius 1 is 1.17 bits per heavy atom. The van der Waals surface area contributed by atoms with E-state index in [2.05, 4.69) is 5.32 Å². The van der Waals surface area contributed by atoms with E-state index in [1.807, 2.05) is 13.8 Å². The van der Waals surface area contributed by atoms with Crippen molar-refractivity contribution in [1.29, 1.82) is 0 Å². The number of rotatable bonds is 8. The van der Waals surface area contributed by atoms with E-state index in [9.17, 15) is 19.2 Å². The molecule has 188 valence electrons. The number of Topliss-reactive ketones (excluding diaryl/α,β-unsaturated/α-hetero) is 1. The molecule has 0 saturated carbocycles. The van der Waals surface area contributed by atoms with Crippen molar-refractivity contribution < 1.29 is 33.4 Å². The molecule has 1 aliphatic carbocycles. The summed E-state index contributed by atoms with van der Waals surface area (Å²) >= 11 is 1.66. The topological polar surface area (TPSA) is 108 Å². The highest BCUT2D eigenvalue weighted by atomic mass is 32.2. The molecule has 1 aromatic rings. The summed E-state index contributed by atoms with van der Waals surface area (Å²) in [6.45, 7) is 7.20. The molecule has 0 spiro atoms. The Kier molecular flexibility index (Phi) is 8.77. The van der Waals surface area contributed by atoms with Crippen molar-refractivity contribution in [2.45, 2.75) is 40.0 Å². The first-order valence-electron chi connectivity index (χ1n) is 11.6. The Bertz CT molecular complexity index is 1070. The second kappa shape index (κ2) is 11.6. The molecule has 1 N–H and O–H groups in total. The van der Waals surface area contributed by atoms with Crippen LogP contribution >= 0.6 is 11.8 Å². The largest absolute Gasteiger partial charge is 0.468 e. The van der Waals surface area contributed by atoms with Crippen LogP contribution in [0.3, 0.4) is 0 Å². The van der Waals surface area contributed by atoms with Gasteiger partial charge in [0.1, 0.15) is 18.3 Å². The Hall–Kier alpha value is -3.07. The fourth-order valence-corrected chi connectivity index (χ4v) is 5.08. The van der Waals surface area contributed by atoms with E-state index in [1.54, 1.807) is 43.0 Å². The molecule has 1 aliphatic heterocycles. The van der Waals surface area contributed by atoms with Gasteiger partial charge in [0.2, 0.25) is 0 Å². The second-order valence-electron chi connectivity index (χ2n) is 8.53. The molecule has 8 nitrogen and oxygen atoms in total. The summed E-state index contributed by atoms with van der Waals surface area (Å²) < 4.78 is 15.6. The van der Waals surface area contributed by atoms with Gasteiger partial charge in [-0.3, -0.25) is 14.4 Å². The van der Waals surface area contributed by atoms with Gasteiger partial charge in [0, 0.05) is 35.6 Å². The minimum absolute atomic E-state index is 0.244. The van der Waals surface area contributed by atoms with Crippen molar-refractivity contribution >= 4 is 35.5 Å². The second-order valence-corrected chi connectivity index (χ2v) is 9.92. The van der Waals surface area contributed by atoms with Gasteiger partial charge in [0.25, 0.3) is 0 Å². The lowest BCUT2D eigenvalue weighted by Gasteiger charge is -2.38. The fraction of sp³-hybridized carbons (Fsp3) is 0.462. The summed E-state index contributed by atoms with van der Waals surface area (Å²) in [7, 11) is 1.26. The van der Waals surface area contributed by atoms with Crippen LogP contribution in [0.1, 0.15) is 45.6 Å². The molecular formula is C26H31NO7S. The molecule has 0 bridgehead atoms. The van der Waals surface area contributed by atoms with Gasteiger partial charge in [-0.25, -0.2) is 4.79 Å². The maximum absolute atomic E-state index is 13.7. The standard InChI is InChI=1S/C26H31NO7S/c1-6-35-12-11-33-26(31)21-15(3)27-19-13-14(2)20(25(30)32-5)24(29)23(19)22(21)17-7-9-18(10-8-17)34-16(4)28/h7-10,14,20,22,27H,6,11-13H2,1-5H3/t14-,20-,22+/m1/s1. The van der Waals surface area contributed by atoms with Crippen molar-refractivity contribution in [3.8, 4) is 5.75 Å². The number of ether oxygens (including phenoxy) is 3. The normalized spacial score (nSPS) is 21.7. The Balaban J connectivity index is 2.06. The number of nitrogens with one attached hydrogen (secondary N) is 1. The zero-order valence-corrected chi connectivity index (χ0v) is 21.5. The van der Waals surface area contributed by atoms with Gasteiger partial charge < -0.3 is 19.5 Å². The summed E-state index contributed by atoms with van der Waals surface area (Å²) in [5, 5.41) is 3.24. The number of ketones is 1. The first-order valence-corrected chi connectivity index (χ1v) is 12.7. The van der Waals surface area contributed by atoms with Gasteiger partial charge >= 0.3 is 17.9 Å². The number of hydrogen-bond acceptors (Lipinski definition) is 9. The third kappa shape index (κ3) is 5.78. The summed E-state index contributed by atoms with van der Waals surface area (Å²) in [6.07, 6.45) is 0.454. The molecule has 9 heteroatoms. The number of methoxy groups -OCH3 is 1. The molecule has 0 aromatic heterocycles. The molecule has 0 radical (unpaired) electrons. The predicted octanol–water partition coefficient (Wildman–Crippen LogP) is 3.52. The number of thioether (sulfide) groups is 1. The summed E-state index contributed by atoms with van der Waals surface area (Å²) in [4.78, 5) is 50.8. The molecule has 3 atom stereocenters. The van der Waals surface area contributed by atoms with Gasteiger partial charge in [0.15, 0.2) is 5.78 Å². The SMILES string of the molecule is CCSCCOC(=O)C1=C(C)NC2=C(C(=O)[C@H](C(=O)OC)[C@H](C)C2)[C@H]1c1ccc(OC(C)=O)cc1. The highest BCUT2D eigenvalue weighted by Gasteiger charge is 2.47. The van der Waals surface area contributed by atoms with Crippen molar-refractivity contribution in [3.63, 3.8) is 0 Å². The number of carbonyl (C=O) groups excluding carboxylic acids is 4. The van der Waals surface area contributed by atoms with Crippen LogP contribution in [-0.2, 0) is 28.7 Å². The first-order chi connectivity index (χ1) is 16.7. The number of hydrogen-bond donors (Lipinski definition) is 1. The molecular weight excluding hydrogens is 470 g/mol. The molecule has 0 saturated heterocycles. The monoisotopic (exact) mass is 501 g/mol. The van der Waals surface area contributed by atoms with Crippen LogP contribution in [-0.4, -0.2) is 48.9 Å². The maximum Gasteiger partial charge on any atom is 0.336 e. The molecule has 0 fully saturated rings. The highest BCUT2D eigenvalue weighted by Crippen LogP contribution is 2.45. The zero-order valence-electron chi connectivity index (χ0n) is 20.6. The smallest absolute Gasteiger partial charge is 0.336 e. The average molecular weight is 502 g/mol. The van der Waals surface area contributed by atoms with Crippen LogP contribution in [0.5, 0.6) is 5.75 Å². The number of dihydropyridines is 1. The number of carbonyl (C=O) groups is 4. The molecule has 3 rings (SSSR count). The van der Waals surface area contributed by atoms with Gasteiger partial charge in [0.05, 0.1) is 12.7 Å². The van der Waals surface area contributed by atoms with Crippen molar-refractivity contribution in [3.05, 3.63) is 52.4 Å². The van der Waals surface area contributed by atoms with Crippen molar-refractivity contribution in [2.24, 2.45) is 11.8 Å². The average Bonchev–Trinajstić information content (AvgIpc) is 2.80. The third-order valence-electron chi connectivity index (χ3n) is 6.10. The lowest BCUT2D eigenvalue weighted by atomic mass is 9.69. The van der Waals surface area contributed by atoms with E-state index in [0.29, 0.717) is 46.0 Å². The minimum atomic E-state index is -0.958. The summed E-state index contributed by atoms with van der Waals surface area (Å²) in [6, 6.07) is 6.65. The van der Waals surface area contributed by atoms with Crippen LogP contribution in [0.25, 0.3) is 0 Å². The van der Waals surface area contributed by atoms with Crippen LogP contribution in [0.2, 0.25) is 0 Å². The van der Waals surface area contributed by atoms with Crippen LogP contribution in [0, 0.1) is 11.8 Å². The Morgan fingerprint density at radius 3 is 2.46 bits per heavy atom. The van der Waals surface area contributed by atoms with E-state index in [1.165, 1.54) is 14.0 Å². The molecule has 0 amide bonds. The van der Waals surface area contributed by atoms with Crippen LogP contribution in [0.15, 0.2) is 46.8 Å². The van der Waals surface area contributed by atoms with Gasteiger partial charge in [-0.2, -0.15) is 11.8 Å². The summed E-state index contributed by atoms with van der Waals surface area (Å²) in [5.41, 5.74) is 2.61. The van der Waals surface area contributed by atoms with Crippen LogP contribution < -0.4 is 10.1 Å².